The smallest absolute Gasteiger partial charge is 0.410 e. The molecule has 0 bridgehead atoms. The van der Waals surface area contributed by atoms with Crippen LogP contribution in [0.3, 0.4) is 0 Å². The summed E-state index contributed by atoms with van der Waals surface area (Å²) < 4.78 is 24.2. The Morgan fingerprint density at radius 2 is 1.96 bits per heavy atom. The van der Waals surface area contributed by atoms with Crippen molar-refractivity contribution in [1.82, 2.24) is 19.9 Å². The van der Waals surface area contributed by atoms with Gasteiger partial charge in [-0.15, -0.1) is 0 Å². The van der Waals surface area contributed by atoms with E-state index in [0.717, 1.165) is 0 Å². The number of hydrogen-bond acceptors (Lipinski definition) is 7. The number of rotatable bonds is 4. The summed E-state index contributed by atoms with van der Waals surface area (Å²) in [4.78, 5) is 25.7. The van der Waals surface area contributed by atoms with E-state index in [1.54, 1.807) is 17.0 Å². The van der Waals surface area contributed by atoms with E-state index in [9.17, 15) is 9.18 Å². The Morgan fingerprint density at radius 1 is 1.21 bits per heavy atom. The highest BCUT2D eigenvalue weighted by molar-refractivity contribution is 5.68. The van der Waals surface area contributed by atoms with Gasteiger partial charge in [0.15, 0.2) is 0 Å². The van der Waals surface area contributed by atoms with Crippen molar-refractivity contribution in [3.63, 3.8) is 0 Å². The predicted molar refractivity (Wildman–Crippen MR) is 101 cm³/mol. The van der Waals surface area contributed by atoms with Crippen LogP contribution in [-0.4, -0.2) is 50.7 Å². The molecule has 150 valence electrons. The standard InChI is InChI=1S/C19H24FN5O3/c1-19(2,3)28-18(26)25-8-6-14(7-9-25)27-17-10-16(22-12-23-17)24-13-4-5-15(20)21-11-13/h4-5,10-12,14H,6-9H2,1-3H3,(H,22,23,24). The summed E-state index contributed by atoms with van der Waals surface area (Å²) >= 11 is 0. The molecule has 0 atom stereocenters. The first kappa shape index (κ1) is 19.8. The van der Waals surface area contributed by atoms with Crippen molar-refractivity contribution < 1.29 is 18.7 Å². The summed E-state index contributed by atoms with van der Waals surface area (Å²) in [5.74, 6) is 0.405. The lowest BCUT2D eigenvalue weighted by Gasteiger charge is -2.33. The monoisotopic (exact) mass is 389 g/mol. The van der Waals surface area contributed by atoms with Crippen LogP contribution in [0.1, 0.15) is 33.6 Å². The molecule has 1 amide bonds. The SMILES string of the molecule is CC(C)(C)OC(=O)N1CCC(Oc2cc(Nc3ccc(F)nc3)ncn2)CC1. The van der Waals surface area contributed by atoms with Crippen LogP contribution in [0.2, 0.25) is 0 Å². The maximum Gasteiger partial charge on any atom is 0.410 e. The van der Waals surface area contributed by atoms with Gasteiger partial charge in [0, 0.05) is 32.0 Å². The van der Waals surface area contributed by atoms with E-state index >= 15 is 0 Å². The number of hydrogen-bond donors (Lipinski definition) is 1. The molecule has 1 aliphatic rings. The number of halogens is 1. The number of amides is 1. The van der Waals surface area contributed by atoms with Crippen LogP contribution in [0.4, 0.5) is 20.7 Å². The van der Waals surface area contributed by atoms with Gasteiger partial charge in [-0.05, 0) is 32.9 Å². The third-order valence-electron chi connectivity index (χ3n) is 4.02. The maximum absolute atomic E-state index is 12.9. The predicted octanol–water partition coefficient (Wildman–Crippen LogP) is 3.53. The Morgan fingerprint density at radius 3 is 2.61 bits per heavy atom. The maximum atomic E-state index is 12.9. The second-order valence-corrected chi connectivity index (χ2v) is 7.52. The molecule has 0 aliphatic carbocycles. The molecule has 1 saturated heterocycles. The Hall–Kier alpha value is -2.97. The number of carbonyl (C=O) groups is 1. The summed E-state index contributed by atoms with van der Waals surface area (Å²) in [6.07, 6.45) is 3.80. The Balaban J connectivity index is 1.52. The van der Waals surface area contributed by atoms with Gasteiger partial charge in [-0.1, -0.05) is 0 Å². The third-order valence-corrected chi connectivity index (χ3v) is 4.02. The fourth-order valence-electron chi connectivity index (χ4n) is 2.72. The molecule has 28 heavy (non-hydrogen) atoms. The molecule has 0 saturated carbocycles. The van der Waals surface area contributed by atoms with Crippen molar-refractivity contribution in [2.75, 3.05) is 18.4 Å². The van der Waals surface area contributed by atoms with Crippen molar-refractivity contribution in [2.45, 2.75) is 45.3 Å². The van der Waals surface area contributed by atoms with Gasteiger partial charge in [-0.2, -0.15) is 4.39 Å². The summed E-state index contributed by atoms with van der Waals surface area (Å²) in [5.41, 5.74) is 0.103. The molecule has 1 fully saturated rings. The fraction of sp³-hybridized carbons (Fsp3) is 0.474. The van der Waals surface area contributed by atoms with Gasteiger partial charge in [-0.3, -0.25) is 0 Å². The minimum atomic E-state index is -0.546. The third kappa shape index (κ3) is 5.77. The van der Waals surface area contributed by atoms with Gasteiger partial charge in [-0.25, -0.2) is 19.7 Å². The highest BCUT2D eigenvalue weighted by Gasteiger charge is 2.27. The topological polar surface area (TPSA) is 89.5 Å². The molecular weight excluding hydrogens is 365 g/mol. The average molecular weight is 389 g/mol. The molecule has 1 aliphatic heterocycles. The molecular formula is C19H24FN5O3. The Labute approximate surface area is 163 Å². The lowest BCUT2D eigenvalue weighted by molar-refractivity contribution is 0.0123. The first-order valence-electron chi connectivity index (χ1n) is 9.14. The van der Waals surface area contributed by atoms with Crippen LogP contribution in [0.5, 0.6) is 5.88 Å². The van der Waals surface area contributed by atoms with Gasteiger partial charge in [0.1, 0.15) is 23.9 Å². The van der Waals surface area contributed by atoms with Crippen molar-refractivity contribution in [3.8, 4) is 5.88 Å². The van der Waals surface area contributed by atoms with E-state index in [1.807, 2.05) is 20.8 Å². The van der Waals surface area contributed by atoms with Crippen molar-refractivity contribution in [2.24, 2.45) is 0 Å². The lowest BCUT2D eigenvalue weighted by Crippen LogP contribution is -2.44. The Bertz CT molecular complexity index is 802. The van der Waals surface area contributed by atoms with Gasteiger partial charge in [0.25, 0.3) is 0 Å². The molecule has 9 heteroatoms. The van der Waals surface area contributed by atoms with E-state index in [-0.39, 0.29) is 12.2 Å². The largest absolute Gasteiger partial charge is 0.474 e. The number of anilines is 2. The first-order valence-corrected chi connectivity index (χ1v) is 9.14. The minimum Gasteiger partial charge on any atom is -0.474 e. The summed E-state index contributed by atoms with van der Waals surface area (Å²) in [5, 5.41) is 3.02. The fourth-order valence-corrected chi connectivity index (χ4v) is 2.72. The van der Waals surface area contributed by atoms with Crippen LogP contribution < -0.4 is 10.1 Å². The van der Waals surface area contributed by atoms with E-state index in [1.165, 1.54) is 18.6 Å². The summed E-state index contributed by atoms with van der Waals surface area (Å²) in [6, 6.07) is 4.50. The van der Waals surface area contributed by atoms with Gasteiger partial charge in [0.2, 0.25) is 11.8 Å². The Kier molecular flexibility index (Phi) is 5.91. The molecule has 2 aromatic heterocycles. The second-order valence-electron chi connectivity index (χ2n) is 7.52. The van der Waals surface area contributed by atoms with Crippen LogP contribution in [-0.2, 0) is 4.74 Å². The van der Waals surface area contributed by atoms with Crippen LogP contribution in [0, 0.1) is 5.95 Å². The molecule has 0 spiro atoms. The van der Waals surface area contributed by atoms with E-state index < -0.39 is 11.5 Å². The van der Waals surface area contributed by atoms with Crippen molar-refractivity contribution in [3.05, 3.63) is 36.7 Å². The molecule has 0 radical (unpaired) electrons. The van der Waals surface area contributed by atoms with Gasteiger partial charge in [0.05, 0.1) is 11.9 Å². The van der Waals surface area contributed by atoms with Gasteiger partial charge >= 0.3 is 6.09 Å². The minimum absolute atomic E-state index is 0.0473. The van der Waals surface area contributed by atoms with Crippen LogP contribution in [0.25, 0.3) is 0 Å². The van der Waals surface area contributed by atoms with Crippen molar-refractivity contribution in [1.29, 1.82) is 0 Å². The molecule has 0 unspecified atom stereocenters. The number of likely N-dealkylation sites (tertiary alicyclic amines) is 1. The lowest BCUT2D eigenvalue weighted by atomic mass is 10.1. The highest BCUT2D eigenvalue weighted by Crippen LogP contribution is 2.21. The number of nitrogens with zero attached hydrogens (tertiary/aromatic N) is 4. The zero-order chi connectivity index (χ0) is 20.1. The molecule has 2 aromatic rings. The summed E-state index contributed by atoms with van der Waals surface area (Å²) in [7, 11) is 0. The van der Waals surface area contributed by atoms with Gasteiger partial charge < -0.3 is 19.7 Å². The average Bonchev–Trinajstić information content (AvgIpc) is 2.63. The van der Waals surface area contributed by atoms with Crippen molar-refractivity contribution >= 4 is 17.6 Å². The van der Waals surface area contributed by atoms with Crippen LogP contribution in [0.15, 0.2) is 30.7 Å². The molecule has 3 heterocycles. The molecule has 1 N–H and O–H groups in total. The summed E-state index contributed by atoms with van der Waals surface area (Å²) in [6.45, 7) is 6.69. The number of ether oxygens (including phenoxy) is 2. The van der Waals surface area contributed by atoms with E-state index in [4.69, 9.17) is 9.47 Å². The van der Waals surface area contributed by atoms with E-state index in [2.05, 4.69) is 20.3 Å². The molecule has 0 aromatic carbocycles. The number of nitrogens with one attached hydrogen (secondary N) is 1. The molecule has 3 rings (SSSR count). The zero-order valence-electron chi connectivity index (χ0n) is 16.2. The number of piperidine rings is 1. The normalized spacial score (nSPS) is 15.2. The number of pyridine rings is 1. The van der Waals surface area contributed by atoms with Crippen LogP contribution >= 0.6 is 0 Å². The number of aromatic nitrogens is 3. The highest BCUT2D eigenvalue weighted by atomic mass is 19.1. The molecule has 8 nitrogen and oxygen atoms in total. The zero-order valence-corrected chi connectivity index (χ0v) is 16.2. The number of carbonyl (C=O) groups excluding carboxylic acids is 1. The first-order chi connectivity index (χ1) is 13.3. The quantitative estimate of drug-likeness (QED) is 0.800. The second kappa shape index (κ2) is 8.37. The van der Waals surface area contributed by atoms with E-state index in [0.29, 0.717) is 43.3 Å².